The minimum absolute atomic E-state index is 0.301. The quantitative estimate of drug-likeness (QED) is 0.744. The Morgan fingerprint density at radius 2 is 2.11 bits per heavy atom. The molecule has 6 nitrogen and oxygen atoms in total. The second-order valence-corrected chi connectivity index (χ2v) is 4.23. The maximum Gasteiger partial charge on any atom is 0.343 e. The molecule has 100 valence electrons. The van der Waals surface area contributed by atoms with E-state index in [1.807, 2.05) is 14.0 Å². The van der Waals surface area contributed by atoms with Gasteiger partial charge in [-0.15, -0.1) is 0 Å². The summed E-state index contributed by atoms with van der Waals surface area (Å²) in [6.07, 6.45) is 0. The molecule has 0 atom stereocenters. The molecule has 0 bridgehead atoms. The standard InChI is InChI=1S/C12H19N3O3/c1-4-18-12(16)10-9(2)13-14(3)11(10)15-5-7-17-8-6-15/h4-8H2,1-3H3. The third-order valence-electron chi connectivity index (χ3n) is 2.98. The molecule has 1 aliphatic heterocycles. The average molecular weight is 253 g/mol. The second-order valence-electron chi connectivity index (χ2n) is 4.23. The van der Waals surface area contributed by atoms with Gasteiger partial charge in [-0.2, -0.15) is 5.10 Å². The fourth-order valence-corrected chi connectivity index (χ4v) is 2.23. The van der Waals surface area contributed by atoms with E-state index < -0.39 is 0 Å². The highest BCUT2D eigenvalue weighted by Gasteiger charge is 2.26. The summed E-state index contributed by atoms with van der Waals surface area (Å²) in [5.74, 6) is 0.527. The minimum atomic E-state index is -0.301. The maximum atomic E-state index is 12.0. The molecule has 0 amide bonds. The number of rotatable bonds is 3. The number of aromatic nitrogens is 2. The zero-order valence-electron chi connectivity index (χ0n) is 11.1. The zero-order valence-corrected chi connectivity index (χ0v) is 11.1. The van der Waals surface area contributed by atoms with Crippen LogP contribution < -0.4 is 4.90 Å². The number of nitrogens with zero attached hydrogens (tertiary/aromatic N) is 3. The predicted molar refractivity (Wildman–Crippen MR) is 66.9 cm³/mol. The monoisotopic (exact) mass is 253 g/mol. The van der Waals surface area contributed by atoms with Crippen molar-refractivity contribution in [2.24, 2.45) is 7.05 Å². The molecule has 2 heterocycles. The van der Waals surface area contributed by atoms with Crippen LogP contribution in [0.2, 0.25) is 0 Å². The van der Waals surface area contributed by atoms with Crippen LogP contribution in [-0.4, -0.2) is 48.7 Å². The van der Waals surface area contributed by atoms with Crippen LogP contribution in [0.3, 0.4) is 0 Å². The number of ether oxygens (including phenoxy) is 2. The summed E-state index contributed by atoms with van der Waals surface area (Å²) >= 11 is 0. The molecule has 1 aromatic rings. The maximum absolute atomic E-state index is 12.0. The topological polar surface area (TPSA) is 56.6 Å². The van der Waals surface area contributed by atoms with Gasteiger partial charge in [-0.3, -0.25) is 4.68 Å². The fraction of sp³-hybridized carbons (Fsp3) is 0.667. The molecule has 0 aromatic carbocycles. The first-order valence-electron chi connectivity index (χ1n) is 6.18. The van der Waals surface area contributed by atoms with Crippen LogP contribution in [-0.2, 0) is 16.5 Å². The summed E-state index contributed by atoms with van der Waals surface area (Å²) < 4.78 is 12.2. The van der Waals surface area contributed by atoms with Crippen molar-refractivity contribution in [2.45, 2.75) is 13.8 Å². The molecule has 2 rings (SSSR count). The Balaban J connectivity index is 2.35. The highest BCUT2D eigenvalue weighted by molar-refractivity contribution is 5.96. The van der Waals surface area contributed by atoms with Gasteiger partial charge >= 0.3 is 5.97 Å². The number of carbonyl (C=O) groups is 1. The fourth-order valence-electron chi connectivity index (χ4n) is 2.23. The first-order valence-corrected chi connectivity index (χ1v) is 6.18. The SMILES string of the molecule is CCOC(=O)c1c(C)nn(C)c1N1CCOCC1. The molecule has 18 heavy (non-hydrogen) atoms. The van der Waals surface area contributed by atoms with Gasteiger partial charge < -0.3 is 14.4 Å². The van der Waals surface area contributed by atoms with Gasteiger partial charge in [0.15, 0.2) is 0 Å². The summed E-state index contributed by atoms with van der Waals surface area (Å²) in [6.45, 7) is 6.89. The largest absolute Gasteiger partial charge is 0.462 e. The number of anilines is 1. The molecule has 6 heteroatoms. The normalized spacial score (nSPS) is 15.8. The molecule has 0 radical (unpaired) electrons. The van der Waals surface area contributed by atoms with Crippen LogP contribution in [0.5, 0.6) is 0 Å². The lowest BCUT2D eigenvalue weighted by Gasteiger charge is -2.29. The van der Waals surface area contributed by atoms with E-state index in [-0.39, 0.29) is 5.97 Å². The predicted octanol–water partition coefficient (Wildman–Crippen LogP) is 0.742. The van der Waals surface area contributed by atoms with E-state index in [1.165, 1.54) is 0 Å². The highest BCUT2D eigenvalue weighted by Crippen LogP contribution is 2.24. The summed E-state index contributed by atoms with van der Waals surface area (Å²) in [7, 11) is 1.85. The van der Waals surface area contributed by atoms with E-state index in [1.54, 1.807) is 11.6 Å². The molecule has 1 saturated heterocycles. The minimum Gasteiger partial charge on any atom is -0.462 e. The van der Waals surface area contributed by atoms with Crippen molar-refractivity contribution in [1.82, 2.24) is 9.78 Å². The number of carbonyl (C=O) groups excluding carboxylic acids is 1. The van der Waals surface area contributed by atoms with Crippen LogP contribution in [0, 0.1) is 6.92 Å². The Bertz CT molecular complexity index is 436. The number of hydrogen-bond donors (Lipinski definition) is 0. The highest BCUT2D eigenvalue weighted by atomic mass is 16.5. The summed E-state index contributed by atoms with van der Waals surface area (Å²) in [5.41, 5.74) is 1.28. The van der Waals surface area contributed by atoms with E-state index in [2.05, 4.69) is 10.00 Å². The van der Waals surface area contributed by atoms with Crippen molar-refractivity contribution in [1.29, 1.82) is 0 Å². The van der Waals surface area contributed by atoms with E-state index >= 15 is 0 Å². The van der Waals surface area contributed by atoms with Crippen LogP contribution in [0.15, 0.2) is 0 Å². The molecule has 0 aliphatic carbocycles. The lowest BCUT2D eigenvalue weighted by Crippen LogP contribution is -2.38. The van der Waals surface area contributed by atoms with Gasteiger partial charge in [0.25, 0.3) is 0 Å². The van der Waals surface area contributed by atoms with Crippen molar-refractivity contribution in [3.05, 3.63) is 11.3 Å². The molecular weight excluding hydrogens is 234 g/mol. The molecule has 0 unspecified atom stereocenters. The number of aryl methyl sites for hydroxylation is 2. The molecule has 1 fully saturated rings. The first kappa shape index (κ1) is 12.9. The third kappa shape index (κ3) is 2.33. The molecule has 0 saturated carbocycles. The van der Waals surface area contributed by atoms with Gasteiger partial charge in [-0.05, 0) is 13.8 Å². The van der Waals surface area contributed by atoms with E-state index in [4.69, 9.17) is 9.47 Å². The van der Waals surface area contributed by atoms with Gasteiger partial charge in [0.05, 0.1) is 25.5 Å². The molecular formula is C12H19N3O3. The van der Waals surface area contributed by atoms with Gasteiger partial charge in [-0.25, -0.2) is 4.79 Å². The Hall–Kier alpha value is -1.56. The first-order chi connectivity index (χ1) is 8.65. The number of morpholine rings is 1. The number of esters is 1. The lowest BCUT2D eigenvalue weighted by molar-refractivity contribution is 0.0525. The Labute approximate surface area is 106 Å². The Morgan fingerprint density at radius 3 is 2.72 bits per heavy atom. The molecule has 1 aliphatic rings. The van der Waals surface area contributed by atoms with E-state index in [9.17, 15) is 4.79 Å². The van der Waals surface area contributed by atoms with E-state index in [0.717, 1.165) is 18.9 Å². The van der Waals surface area contributed by atoms with Gasteiger partial charge in [0.1, 0.15) is 11.4 Å². The molecule has 0 spiro atoms. The summed E-state index contributed by atoms with van der Waals surface area (Å²) in [6, 6.07) is 0. The van der Waals surface area contributed by atoms with Crippen molar-refractivity contribution >= 4 is 11.8 Å². The molecule has 1 aromatic heterocycles. The Kier molecular flexibility index (Phi) is 3.86. The van der Waals surface area contributed by atoms with Crippen LogP contribution >= 0.6 is 0 Å². The second kappa shape index (κ2) is 5.39. The van der Waals surface area contributed by atoms with E-state index in [0.29, 0.717) is 31.1 Å². The summed E-state index contributed by atoms with van der Waals surface area (Å²) in [4.78, 5) is 14.1. The van der Waals surface area contributed by atoms with Crippen molar-refractivity contribution in [2.75, 3.05) is 37.8 Å². The average Bonchev–Trinajstić information content (AvgIpc) is 2.65. The van der Waals surface area contributed by atoms with Gasteiger partial charge in [-0.1, -0.05) is 0 Å². The third-order valence-corrected chi connectivity index (χ3v) is 2.98. The van der Waals surface area contributed by atoms with Crippen LogP contribution in [0.4, 0.5) is 5.82 Å². The zero-order chi connectivity index (χ0) is 13.1. The number of hydrogen-bond acceptors (Lipinski definition) is 5. The van der Waals surface area contributed by atoms with Crippen LogP contribution in [0.1, 0.15) is 23.0 Å². The molecule has 0 N–H and O–H groups in total. The van der Waals surface area contributed by atoms with Crippen LogP contribution in [0.25, 0.3) is 0 Å². The Morgan fingerprint density at radius 1 is 1.44 bits per heavy atom. The summed E-state index contributed by atoms with van der Waals surface area (Å²) in [5, 5.41) is 4.32. The van der Waals surface area contributed by atoms with Gasteiger partial charge in [0, 0.05) is 20.1 Å². The lowest BCUT2D eigenvalue weighted by atomic mass is 10.2. The van der Waals surface area contributed by atoms with Gasteiger partial charge in [0.2, 0.25) is 0 Å². The van der Waals surface area contributed by atoms with Crippen molar-refractivity contribution in [3.63, 3.8) is 0 Å². The van der Waals surface area contributed by atoms with Crippen molar-refractivity contribution in [3.8, 4) is 0 Å². The van der Waals surface area contributed by atoms with Crippen molar-refractivity contribution < 1.29 is 14.3 Å². The smallest absolute Gasteiger partial charge is 0.343 e.